The molecule has 0 radical (unpaired) electrons. The van der Waals surface area contributed by atoms with Gasteiger partial charge in [0.25, 0.3) is 0 Å². The van der Waals surface area contributed by atoms with Crippen LogP contribution in [0.4, 0.5) is 0 Å². The predicted octanol–water partition coefficient (Wildman–Crippen LogP) is 0.906. The molecule has 0 aromatic heterocycles. The molecule has 0 aromatic rings. The highest BCUT2D eigenvalue weighted by molar-refractivity contribution is 5.76. The van der Waals surface area contributed by atoms with E-state index in [2.05, 4.69) is 22.5 Å². The van der Waals surface area contributed by atoms with E-state index in [-0.39, 0.29) is 5.91 Å². The molecule has 3 nitrogen and oxygen atoms in total. The third-order valence-corrected chi connectivity index (χ3v) is 2.68. The van der Waals surface area contributed by atoms with Crippen LogP contribution < -0.4 is 10.6 Å². The number of nitrogens with one attached hydrogen (secondary N) is 2. The zero-order chi connectivity index (χ0) is 10.9. The van der Waals surface area contributed by atoms with Crippen molar-refractivity contribution in [1.82, 2.24) is 10.6 Å². The summed E-state index contributed by atoms with van der Waals surface area (Å²) in [7, 11) is 0. The van der Waals surface area contributed by atoms with Crippen molar-refractivity contribution >= 4 is 5.91 Å². The smallest absolute Gasteiger partial charge is 0.220 e. The van der Waals surface area contributed by atoms with Crippen molar-refractivity contribution in [3.8, 4) is 11.8 Å². The van der Waals surface area contributed by atoms with Gasteiger partial charge in [-0.25, -0.2) is 0 Å². The van der Waals surface area contributed by atoms with E-state index in [1.807, 2.05) is 6.92 Å². The first-order valence-electron chi connectivity index (χ1n) is 5.70. The third kappa shape index (κ3) is 5.44. The van der Waals surface area contributed by atoms with Crippen molar-refractivity contribution < 1.29 is 4.79 Å². The summed E-state index contributed by atoms with van der Waals surface area (Å²) in [5, 5.41) is 6.20. The number of carbonyl (C=O) groups excluding carboxylic acids is 1. The molecule has 1 rings (SSSR count). The van der Waals surface area contributed by atoms with Crippen LogP contribution in [0.1, 0.15) is 32.6 Å². The largest absolute Gasteiger partial charge is 0.355 e. The van der Waals surface area contributed by atoms with Gasteiger partial charge in [0, 0.05) is 19.4 Å². The number of hydrogen-bond acceptors (Lipinski definition) is 2. The molecule has 0 bridgehead atoms. The van der Waals surface area contributed by atoms with Gasteiger partial charge in [0.1, 0.15) is 0 Å². The van der Waals surface area contributed by atoms with E-state index < -0.39 is 0 Å². The van der Waals surface area contributed by atoms with E-state index in [9.17, 15) is 4.79 Å². The van der Waals surface area contributed by atoms with Gasteiger partial charge in [0.2, 0.25) is 5.91 Å². The summed E-state index contributed by atoms with van der Waals surface area (Å²) in [6, 6.07) is 0. The van der Waals surface area contributed by atoms with Crippen molar-refractivity contribution in [1.29, 1.82) is 0 Å². The Morgan fingerprint density at radius 3 is 2.87 bits per heavy atom. The Bertz CT molecular complexity index is 246. The number of amides is 1. The Hall–Kier alpha value is -1.01. The van der Waals surface area contributed by atoms with E-state index in [4.69, 9.17) is 0 Å². The van der Waals surface area contributed by atoms with Crippen LogP contribution in [0, 0.1) is 17.8 Å². The average Bonchev–Trinajstić information content (AvgIpc) is 2.26. The van der Waals surface area contributed by atoms with Crippen LogP contribution in [0.5, 0.6) is 0 Å². The van der Waals surface area contributed by atoms with Crippen LogP contribution in [-0.4, -0.2) is 25.5 Å². The maximum absolute atomic E-state index is 11.5. The maximum atomic E-state index is 11.5. The number of hydrogen-bond donors (Lipinski definition) is 2. The molecule has 0 unspecified atom stereocenters. The zero-order valence-corrected chi connectivity index (χ0v) is 9.44. The molecule has 0 spiro atoms. The van der Waals surface area contributed by atoms with Gasteiger partial charge in [-0.1, -0.05) is 0 Å². The minimum Gasteiger partial charge on any atom is -0.355 e. The second-order valence-electron chi connectivity index (χ2n) is 3.92. The summed E-state index contributed by atoms with van der Waals surface area (Å²) in [5.74, 6) is 6.50. The molecule has 1 aliphatic rings. The molecule has 0 atom stereocenters. The molecule has 0 saturated carbocycles. The fourth-order valence-corrected chi connectivity index (χ4v) is 1.81. The molecule has 3 heteroatoms. The normalized spacial score (nSPS) is 16.6. The molecule has 1 saturated heterocycles. The summed E-state index contributed by atoms with van der Waals surface area (Å²) in [6.07, 6.45) is 3.69. The summed E-state index contributed by atoms with van der Waals surface area (Å²) in [4.78, 5) is 11.5. The van der Waals surface area contributed by atoms with Gasteiger partial charge in [0.15, 0.2) is 0 Å². The zero-order valence-electron chi connectivity index (χ0n) is 9.44. The molecule has 84 valence electrons. The molecule has 1 aliphatic heterocycles. The van der Waals surface area contributed by atoms with E-state index in [0.29, 0.717) is 18.9 Å². The van der Waals surface area contributed by atoms with Crippen LogP contribution in [-0.2, 0) is 4.79 Å². The second-order valence-corrected chi connectivity index (χ2v) is 3.92. The number of piperidine rings is 1. The van der Waals surface area contributed by atoms with Crippen molar-refractivity contribution in [3.05, 3.63) is 0 Å². The predicted molar refractivity (Wildman–Crippen MR) is 61.3 cm³/mol. The minimum absolute atomic E-state index is 0.180. The van der Waals surface area contributed by atoms with Crippen molar-refractivity contribution in [2.75, 3.05) is 19.6 Å². The van der Waals surface area contributed by atoms with Crippen LogP contribution >= 0.6 is 0 Å². The van der Waals surface area contributed by atoms with Gasteiger partial charge in [-0.15, -0.1) is 11.8 Å². The van der Waals surface area contributed by atoms with E-state index in [0.717, 1.165) is 32.4 Å². The van der Waals surface area contributed by atoms with Crippen molar-refractivity contribution in [2.45, 2.75) is 32.6 Å². The highest BCUT2D eigenvalue weighted by Crippen LogP contribution is 2.15. The Morgan fingerprint density at radius 1 is 1.47 bits per heavy atom. The monoisotopic (exact) mass is 208 g/mol. The van der Waals surface area contributed by atoms with Crippen molar-refractivity contribution in [2.24, 2.45) is 5.92 Å². The van der Waals surface area contributed by atoms with Crippen LogP contribution in [0.15, 0.2) is 0 Å². The third-order valence-electron chi connectivity index (χ3n) is 2.68. The Kier molecular flexibility index (Phi) is 5.87. The van der Waals surface area contributed by atoms with E-state index in [1.54, 1.807) is 0 Å². The molecule has 2 N–H and O–H groups in total. The van der Waals surface area contributed by atoms with Gasteiger partial charge in [0.05, 0.1) is 0 Å². The lowest BCUT2D eigenvalue weighted by molar-refractivity contribution is -0.122. The van der Waals surface area contributed by atoms with E-state index >= 15 is 0 Å². The highest BCUT2D eigenvalue weighted by Gasteiger charge is 2.15. The van der Waals surface area contributed by atoms with Gasteiger partial charge in [-0.3, -0.25) is 4.79 Å². The lowest BCUT2D eigenvalue weighted by Gasteiger charge is -2.21. The minimum atomic E-state index is 0.180. The standard InChI is InChI=1S/C12H20N2O/c1-2-3-4-7-14-12(15)10-11-5-8-13-9-6-11/h11,13H,4-10H2,1H3,(H,14,15). The first-order chi connectivity index (χ1) is 7.33. The lowest BCUT2D eigenvalue weighted by Crippen LogP contribution is -2.32. The van der Waals surface area contributed by atoms with Crippen LogP contribution in [0.25, 0.3) is 0 Å². The molecule has 0 aromatic carbocycles. The Labute approximate surface area is 92.0 Å². The van der Waals surface area contributed by atoms with Crippen LogP contribution in [0.2, 0.25) is 0 Å². The summed E-state index contributed by atoms with van der Waals surface area (Å²) >= 11 is 0. The SMILES string of the molecule is CC#CCCNC(=O)CC1CCNCC1. The van der Waals surface area contributed by atoms with Crippen molar-refractivity contribution in [3.63, 3.8) is 0 Å². The van der Waals surface area contributed by atoms with Crippen LogP contribution in [0.3, 0.4) is 0 Å². The molecular formula is C12H20N2O. The summed E-state index contributed by atoms with van der Waals surface area (Å²) < 4.78 is 0. The topological polar surface area (TPSA) is 41.1 Å². The van der Waals surface area contributed by atoms with Gasteiger partial charge < -0.3 is 10.6 Å². The van der Waals surface area contributed by atoms with Gasteiger partial charge in [-0.05, 0) is 38.8 Å². The highest BCUT2D eigenvalue weighted by atomic mass is 16.1. The quantitative estimate of drug-likeness (QED) is 0.532. The fraction of sp³-hybridized carbons (Fsp3) is 0.750. The first kappa shape index (κ1) is 12.1. The Morgan fingerprint density at radius 2 is 2.20 bits per heavy atom. The summed E-state index contributed by atoms with van der Waals surface area (Å²) in [5.41, 5.74) is 0. The molecule has 0 aliphatic carbocycles. The maximum Gasteiger partial charge on any atom is 0.220 e. The fourth-order valence-electron chi connectivity index (χ4n) is 1.81. The lowest BCUT2D eigenvalue weighted by atomic mass is 9.94. The van der Waals surface area contributed by atoms with Gasteiger partial charge in [-0.2, -0.15) is 0 Å². The first-order valence-corrected chi connectivity index (χ1v) is 5.70. The number of rotatable bonds is 4. The second kappa shape index (κ2) is 7.30. The molecular weight excluding hydrogens is 188 g/mol. The summed E-state index contributed by atoms with van der Waals surface area (Å²) in [6.45, 7) is 4.61. The van der Waals surface area contributed by atoms with Gasteiger partial charge >= 0.3 is 0 Å². The molecule has 15 heavy (non-hydrogen) atoms. The molecule has 1 amide bonds. The number of carbonyl (C=O) groups is 1. The molecule has 1 heterocycles. The Balaban J connectivity index is 2.08. The average molecular weight is 208 g/mol. The molecule has 1 fully saturated rings. The van der Waals surface area contributed by atoms with E-state index in [1.165, 1.54) is 0 Å².